The lowest BCUT2D eigenvalue weighted by Gasteiger charge is -2.25. The molecule has 1 aliphatic rings. The van der Waals surface area contributed by atoms with Gasteiger partial charge in [-0.3, -0.25) is 9.59 Å². The number of hydrogen-bond donors (Lipinski definition) is 1. The highest BCUT2D eigenvalue weighted by atomic mass is 16.2. The van der Waals surface area contributed by atoms with Crippen LogP contribution in [0.1, 0.15) is 43.6 Å². The van der Waals surface area contributed by atoms with Gasteiger partial charge in [0.05, 0.1) is 0 Å². The van der Waals surface area contributed by atoms with Crippen molar-refractivity contribution in [2.45, 2.75) is 38.0 Å². The van der Waals surface area contributed by atoms with E-state index in [0.717, 1.165) is 18.4 Å². The first kappa shape index (κ1) is 16.8. The Balaban J connectivity index is 2.09. The van der Waals surface area contributed by atoms with E-state index in [1.807, 2.05) is 23.1 Å². The van der Waals surface area contributed by atoms with E-state index in [1.165, 1.54) is 0 Å². The van der Waals surface area contributed by atoms with E-state index < -0.39 is 0 Å². The van der Waals surface area contributed by atoms with Crippen LogP contribution in [0.2, 0.25) is 0 Å². The number of azide groups is 1. The molecule has 1 atom stereocenters. The summed E-state index contributed by atoms with van der Waals surface area (Å²) in [6.07, 6.45) is 3.16. The molecule has 0 aliphatic carbocycles. The molecule has 0 saturated carbocycles. The predicted molar refractivity (Wildman–Crippen MR) is 86.8 cm³/mol. The number of rotatable bonds is 6. The third-order valence-corrected chi connectivity index (χ3v) is 4.09. The summed E-state index contributed by atoms with van der Waals surface area (Å²) in [5.41, 5.74) is 15.4. The van der Waals surface area contributed by atoms with Crippen LogP contribution in [0.5, 0.6) is 0 Å². The van der Waals surface area contributed by atoms with Crippen LogP contribution in [0.25, 0.3) is 10.4 Å². The lowest BCUT2D eigenvalue weighted by Crippen LogP contribution is -2.34. The van der Waals surface area contributed by atoms with Crippen LogP contribution in [-0.2, 0) is 9.59 Å². The molecule has 0 aromatic heterocycles. The zero-order valence-electron chi connectivity index (χ0n) is 13.0. The van der Waals surface area contributed by atoms with E-state index in [0.29, 0.717) is 38.0 Å². The molecule has 1 aliphatic heterocycles. The molecule has 1 saturated heterocycles. The molecule has 1 aromatic rings. The number of nitrogens with two attached hydrogens (primary N) is 1. The Morgan fingerprint density at radius 2 is 2.30 bits per heavy atom. The molecule has 0 bridgehead atoms. The van der Waals surface area contributed by atoms with Crippen molar-refractivity contribution < 1.29 is 9.59 Å². The molecule has 1 aromatic carbocycles. The molecule has 0 radical (unpaired) electrons. The minimum absolute atomic E-state index is 0.128. The Labute approximate surface area is 135 Å². The second kappa shape index (κ2) is 8.19. The van der Waals surface area contributed by atoms with Gasteiger partial charge in [0.1, 0.15) is 0 Å². The maximum Gasteiger partial charge on any atom is 0.222 e. The minimum Gasteiger partial charge on any atom is -0.370 e. The van der Waals surface area contributed by atoms with Gasteiger partial charge in [-0.15, -0.1) is 0 Å². The van der Waals surface area contributed by atoms with E-state index in [4.69, 9.17) is 11.3 Å². The number of amides is 2. The molecular weight excluding hydrogens is 294 g/mol. The molecule has 7 heteroatoms. The fourth-order valence-corrected chi connectivity index (χ4v) is 2.94. The van der Waals surface area contributed by atoms with Crippen molar-refractivity contribution in [3.05, 3.63) is 40.3 Å². The van der Waals surface area contributed by atoms with Crippen molar-refractivity contribution in [2.24, 2.45) is 10.8 Å². The van der Waals surface area contributed by atoms with Gasteiger partial charge in [-0.25, -0.2) is 0 Å². The van der Waals surface area contributed by atoms with Crippen LogP contribution in [-0.4, -0.2) is 29.8 Å². The van der Waals surface area contributed by atoms with E-state index in [2.05, 4.69) is 10.0 Å². The van der Waals surface area contributed by atoms with E-state index in [1.54, 1.807) is 6.07 Å². The Kier molecular flexibility index (Phi) is 6.00. The zero-order valence-corrected chi connectivity index (χ0v) is 13.0. The maximum absolute atomic E-state index is 12.2. The number of likely N-dealkylation sites (tertiary alicyclic amines) is 1. The molecule has 1 heterocycles. The number of benzene rings is 1. The lowest BCUT2D eigenvalue weighted by atomic mass is 9.94. The van der Waals surface area contributed by atoms with E-state index >= 15 is 0 Å². The topological polar surface area (TPSA) is 112 Å². The second-order valence-electron chi connectivity index (χ2n) is 5.78. The predicted octanol–water partition coefficient (Wildman–Crippen LogP) is 2.99. The largest absolute Gasteiger partial charge is 0.370 e. The third kappa shape index (κ3) is 5.00. The average molecular weight is 315 g/mol. The summed E-state index contributed by atoms with van der Waals surface area (Å²) >= 11 is 0. The Morgan fingerprint density at radius 1 is 1.48 bits per heavy atom. The summed E-state index contributed by atoms with van der Waals surface area (Å²) in [6.45, 7) is 1.17. The quantitative estimate of drug-likeness (QED) is 0.494. The molecule has 1 unspecified atom stereocenters. The van der Waals surface area contributed by atoms with Crippen LogP contribution in [0.3, 0.4) is 0 Å². The first-order valence-electron chi connectivity index (χ1n) is 7.81. The van der Waals surface area contributed by atoms with Gasteiger partial charge < -0.3 is 10.6 Å². The number of carbonyl (C=O) groups excluding carboxylic acids is 2. The van der Waals surface area contributed by atoms with Gasteiger partial charge in [0.2, 0.25) is 11.8 Å². The number of carbonyl (C=O) groups is 2. The SMILES string of the molecule is [N-]=[N+]=Nc1cccc(C2CCCC(=O)N(CCCC(N)=O)C2)c1. The highest BCUT2D eigenvalue weighted by molar-refractivity contribution is 5.77. The Bertz CT molecular complexity index is 625. The van der Waals surface area contributed by atoms with Gasteiger partial charge in [-0.2, -0.15) is 0 Å². The first-order chi connectivity index (χ1) is 11.1. The molecule has 1 fully saturated rings. The van der Waals surface area contributed by atoms with Crippen LogP contribution >= 0.6 is 0 Å². The van der Waals surface area contributed by atoms with Crippen molar-refractivity contribution >= 4 is 17.5 Å². The van der Waals surface area contributed by atoms with Crippen molar-refractivity contribution in [1.82, 2.24) is 4.90 Å². The molecule has 2 N–H and O–H groups in total. The van der Waals surface area contributed by atoms with Gasteiger partial charge in [-0.05, 0) is 36.4 Å². The molecule has 2 amide bonds. The first-order valence-corrected chi connectivity index (χ1v) is 7.81. The molecule has 122 valence electrons. The molecule has 2 rings (SSSR count). The highest BCUT2D eigenvalue weighted by Gasteiger charge is 2.24. The summed E-state index contributed by atoms with van der Waals surface area (Å²) in [6, 6.07) is 7.50. The number of primary amides is 1. The van der Waals surface area contributed by atoms with Crippen molar-refractivity contribution in [3.8, 4) is 0 Å². The third-order valence-electron chi connectivity index (χ3n) is 4.09. The normalized spacial score (nSPS) is 18.2. The average Bonchev–Trinajstić information content (AvgIpc) is 2.70. The number of nitrogens with zero attached hydrogens (tertiary/aromatic N) is 4. The van der Waals surface area contributed by atoms with Crippen LogP contribution in [0.4, 0.5) is 5.69 Å². The minimum atomic E-state index is -0.342. The lowest BCUT2D eigenvalue weighted by molar-refractivity contribution is -0.131. The summed E-state index contributed by atoms with van der Waals surface area (Å²) in [7, 11) is 0. The van der Waals surface area contributed by atoms with Crippen molar-refractivity contribution in [1.29, 1.82) is 0 Å². The van der Waals surface area contributed by atoms with Gasteiger partial charge in [0, 0.05) is 42.4 Å². The van der Waals surface area contributed by atoms with Crippen LogP contribution in [0.15, 0.2) is 29.4 Å². The fraction of sp³-hybridized carbons (Fsp3) is 0.500. The van der Waals surface area contributed by atoms with E-state index in [9.17, 15) is 9.59 Å². The van der Waals surface area contributed by atoms with E-state index in [-0.39, 0.29) is 17.7 Å². The molecular formula is C16H21N5O2. The molecule has 0 spiro atoms. The van der Waals surface area contributed by atoms with Gasteiger partial charge in [0.25, 0.3) is 0 Å². The van der Waals surface area contributed by atoms with Gasteiger partial charge >= 0.3 is 0 Å². The summed E-state index contributed by atoms with van der Waals surface area (Å²) in [5, 5.41) is 3.64. The summed E-state index contributed by atoms with van der Waals surface area (Å²) < 4.78 is 0. The van der Waals surface area contributed by atoms with Crippen molar-refractivity contribution in [3.63, 3.8) is 0 Å². The second-order valence-corrected chi connectivity index (χ2v) is 5.78. The number of hydrogen-bond acceptors (Lipinski definition) is 3. The Hall–Kier alpha value is -2.53. The monoisotopic (exact) mass is 315 g/mol. The maximum atomic E-state index is 12.2. The van der Waals surface area contributed by atoms with Crippen LogP contribution in [0, 0.1) is 0 Å². The smallest absolute Gasteiger partial charge is 0.222 e. The molecule has 23 heavy (non-hydrogen) atoms. The van der Waals surface area contributed by atoms with Gasteiger partial charge in [-0.1, -0.05) is 23.3 Å². The molecule has 7 nitrogen and oxygen atoms in total. The fourth-order valence-electron chi connectivity index (χ4n) is 2.94. The van der Waals surface area contributed by atoms with Gasteiger partial charge in [0.15, 0.2) is 0 Å². The summed E-state index contributed by atoms with van der Waals surface area (Å²) in [4.78, 5) is 27.7. The van der Waals surface area contributed by atoms with Crippen LogP contribution < -0.4 is 5.73 Å². The standard InChI is InChI=1S/C16H21N5O2/c17-15(22)7-3-9-21-11-13(5-2-8-16(21)23)12-4-1-6-14(10-12)19-20-18/h1,4,6,10,13H,2-3,5,7-9,11H2,(H2,17,22). The zero-order chi connectivity index (χ0) is 16.7. The summed E-state index contributed by atoms with van der Waals surface area (Å²) in [5.74, 6) is -0.00192. The Morgan fingerprint density at radius 3 is 3.04 bits per heavy atom. The van der Waals surface area contributed by atoms with Crippen molar-refractivity contribution in [2.75, 3.05) is 13.1 Å². The highest BCUT2D eigenvalue weighted by Crippen LogP contribution is 2.29.